The van der Waals surface area contributed by atoms with Crippen LogP contribution in [0.3, 0.4) is 0 Å². The molecule has 0 aliphatic heterocycles. The zero-order chi connectivity index (χ0) is 19.5. The van der Waals surface area contributed by atoms with Gasteiger partial charge < -0.3 is 9.72 Å². The first-order chi connectivity index (χ1) is 13.6. The summed E-state index contributed by atoms with van der Waals surface area (Å²) in [6, 6.07) is 9.34. The van der Waals surface area contributed by atoms with E-state index >= 15 is 0 Å². The van der Waals surface area contributed by atoms with E-state index in [-0.39, 0.29) is 5.88 Å². The van der Waals surface area contributed by atoms with E-state index in [1.165, 1.54) is 13.2 Å². The van der Waals surface area contributed by atoms with Gasteiger partial charge in [0.25, 0.3) is 0 Å². The Morgan fingerprint density at radius 1 is 1.14 bits per heavy atom. The predicted octanol–water partition coefficient (Wildman–Crippen LogP) is 4.53. The summed E-state index contributed by atoms with van der Waals surface area (Å²) in [4.78, 5) is 15.9. The smallest absolute Gasteiger partial charge is 0.250 e. The van der Waals surface area contributed by atoms with Gasteiger partial charge in [-0.05, 0) is 53.8 Å². The number of ether oxygens (including phenoxy) is 1. The van der Waals surface area contributed by atoms with Crippen molar-refractivity contribution in [2.45, 2.75) is 19.3 Å². The summed E-state index contributed by atoms with van der Waals surface area (Å²) in [5, 5.41) is 1.56. The molecule has 0 saturated carbocycles. The van der Waals surface area contributed by atoms with Crippen LogP contribution in [0.2, 0.25) is 5.15 Å². The maximum Gasteiger partial charge on any atom is 0.250 e. The predicted molar refractivity (Wildman–Crippen MR) is 106 cm³/mol. The number of aromatic nitrogens is 4. The summed E-state index contributed by atoms with van der Waals surface area (Å²) < 4.78 is 18.6. The van der Waals surface area contributed by atoms with Gasteiger partial charge in [-0.25, -0.2) is 19.3 Å². The average molecular weight is 397 g/mol. The van der Waals surface area contributed by atoms with Crippen LogP contribution in [0.15, 0.2) is 48.9 Å². The van der Waals surface area contributed by atoms with Crippen LogP contribution >= 0.6 is 11.6 Å². The van der Waals surface area contributed by atoms with Crippen molar-refractivity contribution >= 4 is 22.6 Å². The normalized spacial score (nSPS) is 11.1. The fourth-order valence-corrected chi connectivity index (χ4v) is 3.40. The number of hydrogen-bond donors (Lipinski definition) is 1. The second-order valence-corrected chi connectivity index (χ2v) is 6.84. The highest BCUT2D eigenvalue weighted by Gasteiger charge is 2.10. The van der Waals surface area contributed by atoms with Gasteiger partial charge in [0.2, 0.25) is 5.88 Å². The highest BCUT2D eigenvalue weighted by atomic mass is 35.5. The Morgan fingerprint density at radius 2 is 2.04 bits per heavy atom. The highest BCUT2D eigenvalue weighted by Crippen LogP contribution is 2.23. The zero-order valence-electron chi connectivity index (χ0n) is 15.2. The molecule has 4 aromatic rings. The molecule has 5 nitrogen and oxygen atoms in total. The van der Waals surface area contributed by atoms with Gasteiger partial charge in [-0.15, -0.1) is 0 Å². The molecular weight excluding hydrogens is 379 g/mol. The number of H-pyrrole nitrogens is 1. The first-order valence-corrected chi connectivity index (χ1v) is 9.25. The molecule has 7 heteroatoms. The SMILES string of the molecule is COc1ncc(CCc2ccc(Cc3c[nH]c4ncccc34)c(Cl)n2)cc1F. The van der Waals surface area contributed by atoms with Crippen LogP contribution in [0.1, 0.15) is 22.4 Å². The molecule has 0 bridgehead atoms. The summed E-state index contributed by atoms with van der Waals surface area (Å²) in [7, 11) is 1.39. The Kier molecular flexibility index (Phi) is 5.21. The number of rotatable bonds is 6. The molecule has 4 aromatic heterocycles. The minimum absolute atomic E-state index is 0.00162. The number of fused-ring (bicyclic) bond motifs is 1. The quantitative estimate of drug-likeness (QED) is 0.486. The summed E-state index contributed by atoms with van der Waals surface area (Å²) in [5.74, 6) is -0.462. The Balaban J connectivity index is 1.46. The van der Waals surface area contributed by atoms with Crippen molar-refractivity contribution in [2.24, 2.45) is 0 Å². The van der Waals surface area contributed by atoms with Gasteiger partial charge in [-0.3, -0.25) is 0 Å². The average Bonchev–Trinajstić information content (AvgIpc) is 3.11. The summed E-state index contributed by atoms with van der Waals surface area (Å²) in [6.45, 7) is 0. The first kappa shape index (κ1) is 18.4. The fraction of sp³-hybridized carbons (Fsp3) is 0.190. The number of aryl methyl sites for hydroxylation is 2. The van der Waals surface area contributed by atoms with Gasteiger partial charge in [0.05, 0.1) is 7.11 Å². The Hall–Kier alpha value is -2.99. The van der Waals surface area contributed by atoms with Crippen LogP contribution < -0.4 is 4.74 Å². The lowest BCUT2D eigenvalue weighted by atomic mass is 10.1. The lowest BCUT2D eigenvalue weighted by Crippen LogP contribution is -2.00. The monoisotopic (exact) mass is 396 g/mol. The van der Waals surface area contributed by atoms with Crippen molar-refractivity contribution in [3.63, 3.8) is 0 Å². The van der Waals surface area contributed by atoms with Crippen LogP contribution in [-0.2, 0) is 19.3 Å². The minimum atomic E-state index is -0.463. The van der Waals surface area contributed by atoms with E-state index in [1.54, 1.807) is 12.4 Å². The van der Waals surface area contributed by atoms with E-state index in [4.69, 9.17) is 16.3 Å². The maximum absolute atomic E-state index is 13.8. The molecule has 0 spiro atoms. The number of pyridine rings is 3. The molecule has 0 aromatic carbocycles. The first-order valence-electron chi connectivity index (χ1n) is 8.87. The molecule has 0 unspecified atom stereocenters. The molecule has 142 valence electrons. The van der Waals surface area contributed by atoms with E-state index in [1.807, 2.05) is 30.5 Å². The summed E-state index contributed by atoms with van der Waals surface area (Å²) in [6.07, 6.45) is 7.26. The van der Waals surface area contributed by atoms with Crippen LogP contribution in [0.5, 0.6) is 5.88 Å². The molecule has 0 aliphatic carbocycles. The number of halogens is 2. The van der Waals surface area contributed by atoms with E-state index < -0.39 is 5.82 Å². The molecule has 1 N–H and O–H groups in total. The molecule has 28 heavy (non-hydrogen) atoms. The molecule has 0 fully saturated rings. The van der Waals surface area contributed by atoms with Gasteiger partial charge in [-0.2, -0.15) is 0 Å². The Labute approximate surface area is 166 Å². The number of methoxy groups -OCH3 is 1. The Morgan fingerprint density at radius 3 is 2.82 bits per heavy atom. The van der Waals surface area contributed by atoms with E-state index in [0.717, 1.165) is 33.4 Å². The molecule has 0 aliphatic rings. The zero-order valence-corrected chi connectivity index (χ0v) is 16.0. The molecule has 0 radical (unpaired) electrons. The second-order valence-electron chi connectivity index (χ2n) is 6.48. The molecule has 0 amide bonds. The minimum Gasteiger partial charge on any atom is -0.479 e. The van der Waals surface area contributed by atoms with Crippen molar-refractivity contribution in [1.29, 1.82) is 0 Å². The summed E-state index contributed by atoms with van der Waals surface area (Å²) >= 11 is 6.42. The van der Waals surface area contributed by atoms with Gasteiger partial charge >= 0.3 is 0 Å². The molecule has 4 heterocycles. The third kappa shape index (κ3) is 3.82. The van der Waals surface area contributed by atoms with Crippen molar-refractivity contribution in [2.75, 3.05) is 7.11 Å². The van der Waals surface area contributed by atoms with E-state index in [2.05, 4.69) is 19.9 Å². The number of hydrogen-bond acceptors (Lipinski definition) is 4. The van der Waals surface area contributed by atoms with Crippen LogP contribution in [0.25, 0.3) is 11.0 Å². The number of nitrogens with zero attached hydrogens (tertiary/aromatic N) is 3. The standard InChI is InChI=1S/C21H18ClFN4O/c1-28-21-18(23)9-13(11-26-21)4-6-16-7-5-14(19(22)27-16)10-15-12-25-20-17(15)3-2-8-24-20/h2-3,5,7-9,11-12H,4,6,10H2,1H3,(H,24,25). The number of aromatic amines is 1. The molecule has 0 saturated heterocycles. The lowest BCUT2D eigenvalue weighted by Gasteiger charge is -2.07. The van der Waals surface area contributed by atoms with Crippen molar-refractivity contribution in [3.05, 3.63) is 82.3 Å². The van der Waals surface area contributed by atoms with Gasteiger partial charge in [0.1, 0.15) is 10.8 Å². The van der Waals surface area contributed by atoms with E-state index in [0.29, 0.717) is 24.4 Å². The lowest BCUT2D eigenvalue weighted by molar-refractivity contribution is 0.368. The molecule has 0 atom stereocenters. The fourth-order valence-electron chi connectivity index (χ4n) is 3.16. The number of nitrogens with one attached hydrogen (secondary N) is 1. The van der Waals surface area contributed by atoms with Crippen LogP contribution in [0.4, 0.5) is 4.39 Å². The molecule has 4 rings (SSSR count). The maximum atomic E-state index is 13.8. The summed E-state index contributed by atoms with van der Waals surface area (Å²) in [5.41, 5.74) is 4.57. The van der Waals surface area contributed by atoms with Crippen molar-refractivity contribution in [3.8, 4) is 5.88 Å². The van der Waals surface area contributed by atoms with Crippen molar-refractivity contribution < 1.29 is 9.13 Å². The van der Waals surface area contributed by atoms with Crippen LogP contribution in [-0.4, -0.2) is 27.0 Å². The van der Waals surface area contributed by atoms with E-state index in [9.17, 15) is 4.39 Å². The Bertz CT molecular complexity index is 1130. The highest BCUT2D eigenvalue weighted by molar-refractivity contribution is 6.30. The molecular formula is C21H18ClFN4O. The topological polar surface area (TPSA) is 63.7 Å². The van der Waals surface area contributed by atoms with Gasteiger partial charge in [-0.1, -0.05) is 17.7 Å². The third-order valence-corrected chi connectivity index (χ3v) is 4.96. The van der Waals surface area contributed by atoms with Crippen LogP contribution in [0, 0.1) is 5.82 Å². The van der Waals surface area contributed by atoms with Gasteiger partial charge in [0.15, 0.2) is 5.82 Å². The van der Waals surface area contributed by atoms with Crippen molar-refractivity contribution in [1.82, 2.24) is 19.9 Å². The van der Waals surface area contributed by atoms with Gasteiger partial charge in [0, 0.05) is 36.1 Å². The second kappa shape index (κ2) is 7.94. The largest absolute Gasteiger partial charge is 0.479 e. The third-order valence-electron chi connectivity index (χ3n) is 4.63.